The Bertz CT molecular complexity index is 684. The summed E-state index contributed by atoms with van der Waals surface area (Å²) in [7, 11) is 0. The van der Waals surface area contributed by atoms with Crippen LogP contribution in [0.5, 0.6) is 0 Å². The Morgan fingerprint density at radius 2 is 2.25 bits per heavy atom. The Balaban J connectivity index is 1.81. The van der Waals surface area contributed by atoms with E-state index in [4.69, 9.17) is 10.1 Å². The zero-order valence-electron chi connectivity index (χ0n) is 13.7. The van der Waals surface area contributed by atoms with Crippen molar-refractivity contribution in [1.29, 1.82) is 5.26 Å². The van der Waals surface area contributed by atoms with E-state index < -0.39 is 0 Å². The number of aliphatic hydroxyl groups excluding tert-OH is 1. The predicted molar refractivity (Wildman–Crippen MR) is 93.7 cm³/mol. The highest BCUT2D eigenvalue weighted by Crippen LogP contribution is 2.43. The lowest BCUT2D eigenvalue weighted by Crippen LogP contribution is -2.54. The number of carbonyl (C=O) groups excluding carboxylic acids is 1. The van der Waals surface area contributed by atoms with Crippen molar-refractivity contribution in [2.45, 2.75) is 38.1 Å². The van der Waals surface area contributed by atoms with Crippen LogP contribution in [0.15, 0.2) is 10.5 Å². The molecular formula is C17H21BrN4O2. The molecule has 1 N–H and O–H groups in total. The summed E-state index contributed by atoms with van der Waals surface area (Å²) >= 11 is 3.54. The molecule has 0 unspecified atom stereocenters. The van der Waals surface area contributed by atoms with Crippen LogP contribution >= 0.6 is 15.9 Å². The first-order chi connectivity index (χ1) is 11.5. The minimum absolute atomic E-state index is 0.0207. The van der Waals surface area contributed by atoms with Crippen LogP contribution in [0, 0.1) is 11.3 Å². The minimum atomic E-state index is -0.122. The molecule has 24 heavy (non-hydrogen) atoms. The first kappa shape index (κ1) is 17.2. The van der Waals surface area contributed by atoms with Gasteiger partial charge in [-0.3, -0.25) is 4.79 Å². The van der Waals surface area contributed by atoms with Gasteiger partial charge >= 0.3 is 0 Å². The van der Waals surface area contributed by atoms with Crippen LogP contribution < -0.4 is 4.90 Å². The lowest BCUT2D eigenvalue weighted by atomic mass is 10.1. The van der Waals surface area contributed by atoms with E-state index >= 15 is 0 Å². The summed E-state index contributed by atoms with van der Waals surface area (Å²) in [6.07, 6.45) is 2.46. The summed E-state index contributed by atoms with van der Waals surface area (Å²) in [5, 5.41) is 18.4. The molecule has 2 aliphatic rings. The van der Waals surface area contributed by atoms with Gasteiger partial charge in [0, 0.05) is 42.5 Å². The van der Waals surface area contributed by atoms with Crippen molar-refractivity contribution in [1.82, 2.24) is 9.88 Å². The predicted octanol–water partition coefficient (Wildman–Crippen LogP) is 2.01. The lowest BCUT2D eigenvalue weighted by molar-refractivity contribution is -0.134. The zero-order valence-corrected chi connectivity index (χ0v) is 15.3. The van der Waals surface area contributed by atoms with Gasteiger partial charge in [0.2, 0.25) is 5.91 Å². The summed E-state index contributed by atoms with van der Waals surface area (Å²) in [6.45, 7) is 3.75. The van der Waals surface area contributed by atoms with Crippen molar-refractivity contribution in [2.24, 2.45) is 0 Å². The van der Waals surface area contributed by atoms with E-state index in [-0.39, 0.29) is 25.0 Å². The molecule has 0 radical (unpaired) electrons. The molecule has 3 rings (SSSR count). The number of halogens is 1. The van der Waals surface area contributed by atoms with Crippen molar-refractivity contribution < 1.29 is 9.90 Å². The fourth-order valence-electron chi connectivity index (χ4n) is 3.22. The summed E-state index contributed by atoms with van der Waals surface area (Å²) in [6, 6.07) is 4.13. The highest BCUT2D eigenvalue weighted by molar-refractivity contribution is 9.10. The second-order valence-corrected chi connectivity index (χ2v) is 7.32. The van der Waals surface area contributed by atoms with Crippen LogP contribution in [-0.4, -0.2) is 53.2 Å². The van der Waals surface area contributed by atoms with Gasteiger partial charge in [0.05, 0.1) is 17.9 Å². The van der Waals surface area contributed by atoms with Gasteiger partial charge in [0.25, 0.3) is 0 Å². The molecule has 1 aliphatic carbocycles. The van der Waals surface area contributed by atoms with E-state index in [1.807, 2.05) is 13.0 Å². The van der Waals surface area contributed by atoms with Crippen molar-refractivity contribution in [3.8, 4) is 6.07 Å². The number of amides is 1. The molecule has 0 spiro atoms. The maximum absolute atomic E-state index is 12.0. The fourth-order valence-corrected chi connectivity index (χ4v) is 3.86. The second-order valence-electron chi connectivity index (χ2n) is 6.47. The number of anilines is 1. The number of aliphatic hydroxyl groups is 1. The van der Waals surface area contributed by atoms with Crippen LogP contribution in [0.1, 0.15) is 43.4 Å². The number of hydrogen-bond donors (Lipinski definition) is 1. The monoisotopic (exact) mass is 392 g/mol. The van der Waals surface area contributed by atoms with Crippen LogP contribution in [-0.2, 0) is 4.79 Å². The number of nitrogens with zero attached hydrogens (tertiary/aromatic N) is 4. The number of hydrogen-bond acceptors (Lipinski definition) is 5. The van der Waals surface area contributed by atoms with Crippen molar-refractivity contribution in [3.63, 3.8) is 0 Å². The maximum atomic E-state index is 12.0. The third-order valence-corrected chi connectivity index (χ3v) is 5.28. The highest BCUT2D eigenvalue weighted by Gasteiger charge is 2.32. The molecule has 1 aromatic rings. The van der Waals surface area contributed by atoms with Crippen LogP contribution in [0.25, 0.3) is 0 Å². The van der Waals surface area contributed by atoms with E-state index in [2.05, 4.69) is 26.9 Å². The molecule has 6 nitrogen and oxygen atoms in total. The van der Waals surface area contributed by atoms with E-state index in [0.29, 0.717) is 31.1 Å². The third-order valence-electron chi connectivity index (χ3n) is 4.64. The normalized spacial score (nSPS) is 20.8. The van der Waals surface area contributed by atoms with E-state index in [1.165, 1.54) is 0 Å². The van der Waals surface area contributed by atoms with Gasteiger partial charge in [-0.05, 0) is 41.8 Å². The first-order valence-corrected chi connectivity index (χ1v) is 9.10. The Kier molecular flexibility index (Phi) is 5.07. The SMILES string of the molecule is C[C@@H]1CN(c2nc(C3CC3)c(Br)cc2C#N)CCN1C(=O)CCO. The summed E-state index contributed by atoms with van der Waals surface area (Å²) in [5.74, 6) is 1.20. The quantitative estimate of drug-likeness (QED) is 0.847. The highest BCUT2D eigenvalue weighted by atomic mass is 79.9. The van der Waals surface area contributed by atoms with Gasteiger partial charge < -0.3 is 14.9 Å². The number of nitriles is 1. The fraction of sp³-hybridized carbons (Fsp3) is 0.588. The molecule has 1 saturated carbocycles. The van der Waals surface area contributed by atoms with Crippen molar-refractivity contribution >= 4 is 27.7 Å². The molecule has 2 heterocycles. The molecule has 7 heteroatoms. The standard InChI is InChI=1S/C17H21BrN4O2/c1-11-10-21(5-6-22(11)15(24)4-7-23)17-13(9-19)8-14(18)16(20-17)12-2-3-12/h8,11-12,23H,2-7,10H2,1H3/t11-/m1/s1. The van der Waals surface area contributed by atoms with E-state index in [1.54, 1.807) is 4.90 Å². The molecule has 1 aromatic heterocycles. The van der Waals surface area contributed by atoms with Crippen LogP contribution in [0.3, 0.4) is 0 Å². The Morgan fingerprint density at radius 1 is 1.50 bits per heavy atom. The third kappa shape index (κ3) is 3.40. The number of piperazine rings is 1. The smallest absolute Gasteiger partial charge is 0.225 e. The Morgan fingerprint density at radius 3 is 2.83 bits per heavy atom. The van der Waals surface area contributed by atoms with Gasteiger partial charge in [-0.1, -0.05) is 0 Å². The number of pyridine rings is 1. The van der Waals surface area contributed by atoms with Crippen molar-refractivity contribution in [3.05, 3.63) is 21.8 Å². The van der Waals surface area contributed by atoms with Crippen LogP contribution in [0.2, 0.25) is 0 Å². The molecule has 1 aliphatic heterocycles. The molecular weight excluding hydrogens is 372 g/mol. The molecule has 0 bridgehead atoms. The molecule has 1 amide bonds. The van der Waals surface area contributed by atoms with Gasteiger partial charge in [0.1, 0.15) is 11.9 Å². The van der Waals surface area contributed by atoms with Gasteiger partial charge in [-0.2, -0.15) is 5.26 Å². The largest absolute Gasteiger partial charge is 0.396 e. The zero-order chi connectivity index (χ0) is 17.3. The Labute approximate surface area is 150 Å². The summed E-state index contributed by atoms with van der Waals surface area (Å²) in [4.78, 5) is 20.7. The molecule has 0 aromatic carbocycles. The second kappa shape index (κ2) is 7.08. The van der Waals surface area contributed by atoms with Crippen molar-refractivity contribution in [2.75, 3.05) is 31.1 Å². The maximum Gasteiger partial charge on any atom is 0.225 e. The molecule has 1 saturated heterocycles. The van der Waals surface area contributed by atoms with E-state index in [9.17, 15) is 10.1 Å². The van der Waals surface area contributed by atoms with Gasteiger partial charge in [-0.15, -0.1) is 0 Å². The minimum Gasteiger partial charge on any atom is -0.396 e. The molecule has 2 fully saturated rings. The average molecular weight is 393 g/mol. The molecule has 128 valence electrons. The molecule has 1 atom stereocenters. The topological polar surface area (TPSA) is 80.5 Å². The van der Waals surface area contributed by atoms with Crippen LogP contribution in [0.4, 0.5) is 5.82 Å². The number of rotatable bonds is 4. The summed E-state index contributed by atoms with van der Waals surface area (Å²) in [5.41, 5.74) is 1.60. The van der Waals surface area contributed by atoms with E-state index in [0.717, 1.165) is 28.8 Å². The van der Waals surface area contributed by atoms with Gasteiger partial charge in [0.15, 0.2) is 0 Å². The average Bonchev–Trinajstić information content (AvgIpc) is 3.39. The lowest BCUT2D eigenvalue weighted by Gasteiger charge is -2.40. The number of aromatic nitrogens is 1. The first-order valence-electron chi connectivity index (χ1n) is 8.31. The van der Waals surface area contributed by atoms with Gasteiger partial charge in [-0.25, -0.2) is 4.98 Å². The summed E-state index contributed by atoms with van der Waals surface area (Å²) < 4.78 is 0.912. The Hall–Kier alpha value is -1.65. The number of carbonyl (C=O) groups is 1.